The van der Waals surface area contributed by atoms with Crippen molar-refractivity contribution in [1.82, 2.24) is 19.9 Å². The minimum atomic E-state index is -0.209. The van der Waals surface area contributed by atoms with Gasteiger partial charge in [-0.15, -0.1) is 10.2 Å². The summed E-state index contributed by atoms with van der Waals surface area (Å²) in [6, 6.07) is 12.6. The van der Waals surface area contributed by atoms with E-state index in [9.17, 15) is 4.79 Å². The molecule has 3 rings (SSSR count). The largest absolute Gasteiger partial charge is 0.497 e. The highest BCUT2D eigenvalue weighted by atomic mass is 32.2. The van der Waals surface area contributed by atoms with Crippen LogP contribution in [-0.2, 0) is 0 Å². The van der Waals surface area contributed by atoms with Crippen molar-refractivity contribution >= 4 is 23.3 Å². The molecule has 1 N–H and O–H groups in total. The van der Waals surface area contributed by atoms with Crippen molar-refractivity contribution in [3.05, 3.63) is 60.0 Å². The molecule has 1 amide bonds. The van der Waals surface area contributed by atoms with E-state index in [0.29, 0.717) is 5.56 Å². The van der Waals surface area contributed by atoms with Gasteiger partial charge in [0.05, 0.1) is 13.2 Å². The van der Waals surface area contributed by atoms with E-state index in [2.05, 4.69) is 15.5 Å². The average Bonchev–Trinajstić information content (AvgIpc) is 3.09. The number of nitrogens with one attached hydrogen (secondary N) is 1. The molecule has 0 radical (unpaired) electrons. The van der Waals surface area contributed by atoms with E-state index in [0.717, 1.165) is 29.4 Å². The fourth-order valence-corrected chi connectivity index (χ4v) is 3.05. The fraction of sp³-hybridized carbons (Fsp3) is 0.278. The number of pyridine rings is 1. The summed E-state index contributed by atoms with van der Waals surface area (Å²) in [4.78, 5) is 12.6. The summed E-state index contributed by atoms with van der Waals surface area (Å²) in [7, 11) is 1.60. The maximum Gasteiger partial charge on any atom is 0.251 e. The first-order valence-electron chi connectivity index (χ1n) is 7.96. The van der Waals surface area contributed by atoms with Crippen molar-refractivity contribution < 1.29 is 9.53 Å². The van der Waals surface area contributed by atoms with Gasteiger partial charge in [0.1, 0.15) is 5.75 Å². The summed E-state index contributed by atoms with van der Waals surface area (Å²) in [5.41, 5.74) is 1.36. The molecular formula is C18H20N4O2S. The molecule has 1 unspecified atom stereocenters. The van der Waals surface area contributed by atoms with Crippen LogP contribution in [0.4, 0.5) is 0 Å². The number of aromatic nitrogens is 3. The lowest BCUT2D eigenvalue weighted by atomic mass is 10.1. The lowest BCUT2D eigenvalue weighted by Crippen LogP contribution is -2.30. The van der Waals surface area contributed by atoms with E-state index >= 15 is 0 Å². The van der Waals surface area contributed by atoms with Crippen LogP contribution >= 0.6 is 11.8 Å². The molecule has 3 aromatic rings. The third-order valence-corrected chi connectivity index (χ3v) is 4.56. The van der Waals surface area contributed by atoms with Gasteiger partial charge >= 0.3 is 0 Å². The summed E-state index contributed by atoms with van der Waals surface area (Å²) in [6.07, 6.45) is 4.74. The van der Waals surface area contributed by atoms with Gasteiger partial charge in [-0.25, -0.2) is 0 Å². The Labute approximate surface area is 150 Å². The van der Waals surface area contributed by atoms with Gasteiger partial charge in [0.15, 0.2) is 11.5 Å². The number of amides is 1. The Kier molecular flexibility index (Phi) is 5.55. The molecule has 0 spiro atoms. The highest BCUT2D eigenvalue weighted by Gasteiger charge is 2.20. The zero-order valence-electron chi connectivity index (χ0n) is 14.2. The molecule has 6 nitrogen and oxygen atoms in total. The van der Waals surface area contributed by atoms with Gasteiger partial charge in [0.25, 0.3) is 5.91 Å². The predicted molar refractivity (Wildman–Crippen MR) is 99.2 cm³/mol. The number of rotatable bonds is 7. The Bertz CT molecular complexity index is 848. The average molecular weight is 356 g/mol. The van der Waals surface area contributed by atoms with Gasteiger partial charge < -0.3 is 10.1 Å². The molecule has 130 valence electrons. The number of methoxy groups -OCH3 is 1. The van der Waals surface area contributed by atoms with Gasteiger partial charge in [-0.05, 0) is 54.8 Å². The predicted octanol–water partition coefficient (Wildman–Crippen LogP) is 2.96. The Balaban J connectivity index is 1.84. The number of carbonyl (C=O) groups excluding carboxylic acids is 1. The topological polar surface area (TPSA) is 68.5 Å². The summed E-state index contributed by atoms with van der Waals surface area (Å²) in [5.74, 6) is 2.24. The van der Waals surface area contributed by atoms with E-state index in [1.165, 1.54) is 0 Å². The minimum absolute atomic E-state index is 0.138. The number of hydrogen-bond acceptors (Lipinski definition) is 5. The number of benzene rings is 1. The molecule has 2 heterocycles. The van der Waals surface area contributed by atoms with Crippen LogP contribution in [0, 0.1) is 0 Å². The standard InChI is InChI=1S/C18H20N4O2S/c1-24-14-8-6-13(7-9-14)18(23)19-15(10-12-25-2)17-21-20-16-5-3-4-11-22(16)17/h3-9,11,15H,10,12H2,1-2H3,(H,19,23). The molecule has 2 aromatic heterocycles. The highest BCUT2D eigenvalue weighted by molar-refractivity contribution is 7.98. The zero-order chi connectivity index (χ0) is 17.6. The minimum Gasteiger partial charge on any atom is -0.497 e. The van der Waals surface area contributed by atoms with Crippen LogP contribution in [0.25, 0.3) is 5.65 Å². The Morgan fingerprint density at radius 1 is 1.24 bits per heavy atom. The SMILES string of the molecule is COc1ccc(C(=O)NC(CCSC)c2nnc3ccccn23)cc1. The second-order valence-electron chi connectivity index (χ2n) is 5.52. The number of fused-ring (bicyclic) bond motifs is 1. The van der Waals surface area contributed by atoms with Gasteiger partial charge in [-0.3, -0.25) is 9.20 Å². The molecule has 1 atom stereocenters. The lowest BCUT2D eigenvalue weighted by Gasteiger charge is -2.17. The molecule has 0 aliphatic carbocycles. The van der Waals surface area contributed by atoms with Crippen LogP contribution < -0.4 is 10.1 Å². The fourth-order valence-electron chi connectivity index (χ4n) is 2.58. The van der Waals surface area contributed by atoms with E-state index in [4.69, 9.17) is 4.74 Å². The first-order valence-corrected chi connectivity index (χ1v) is 9.36. The Morgan fingerprint density at radius 2 is 2.04 bits per heavy atom. The maximum absolute atomic E-state index is 12.6. The Morgan fingerprint density at radius 3 is 2.76 bits per heavy atom. The molecule has 0 bridgehead atoms. The van der Waals surface area contributed by atoms with Crippen LogP contribution in [0.15, 0.2) is 48.7 Å². The van der Waals surface area contributed by atoms with Gasteiger partial charge in [-0.2, -0.15) is 11.8 Å². The van der Waals surface area contributed by atoms with E-state index in [1.54, 1.807) is 43.1 Å². The molecule has 0 aliphatic rings. The zero-order valence-corrected chi connectivity index (χ0v) is 15.0. The van der Waals surface area contributed by atoms with Crippen molar-refractivity contribution in [2.45, 2.75) is 12.5 Å². The third-order valence-electron chi connectivity index (χ3n) is 3.92. The molecular weight excluding hydrogens is 336 g/mol. The number of carbonyl (C=O) groups is 1. The molecule has 0 saturated carbocycles. The van der Waals surface area contributed by atoms with Gasteiger partial charge in [0, 0.05) is 11.8 Å². The normalized spacial score (nSPS) is 12.1. The van der Waals surface area contributed by atoms with Crippen molar-refractivity contribution in [2.75, 3.05) is 19.1 Å². The van der Waals surface area contributed by atoms with E-state index in [-0.39, 0.29) is 11.9 Å². The number of thioether (sulfide) groups is 1. The highest BCUT2D eigenvalue weighted by Crippen LogP contribution is 2.19. The number of ether oxygens (including phenoxy) is 1. The quantitative estimate of drug-likeness (QED) is 0.705. The molecule has 0 saturated heterocycles. The van der Waals surface area contributed by atoms with Crippen LogP contribution in [0.2, 0.25) is 0 Å². The van der Waals surface area contributed by atoms with Crippen molar-refractivity contribution in [3.63, 3.8) is 0 Å². The smallest absolute Gasteiger partial charge is 0.251 e. The third kappa shape index (κ3) is 3.93. The van der Waals surface area contributed by atoms with E-state index < -0.39 is 0 Å². The summed E-state index contributed by atoms with van der Waals surface area (Å²) < 4.78 is 7.05. The number of hydrogen-bond donors (Lipinski definition) is 1. The Hall–Kier alpha value is -2.54. The second-order valence-corrected chi connectivity index (χ2v) is 6.51. The van der Waals surface area contributed by atoms with Crippen LogP contribution in [-0.4, -0.2) is 39.6 Å². The first kappa shape index (κ1) is 17.3. The summed E-state index contributed by atoms with van der Waals surface area (Å²) in [6.45, 7) is 0. The summed E-state index contributed by atoms with van der Waals surface area (Å²) in [5, 5.41) is 11.6. The maximum atomic E-state index is 12.6. The first-order chi connectivity index (χ1) is 12.2. The number of nitrogens with zero attached hydrogens (tertiary/aromatic N) is 3. The van der Waals surface area contributed by atoms with Gasteiger partial charge in [-0.1, -0.05) is 6.07 Å². The van der Waals surface area contributed by atoms with E-state index in [1.807, 2.05) is 35.1 Å². The van der Waals surface area contributed by atoms with Crippen LogP contribution in [0.1, 0.15) is 28.6 Å². The van der Waals surface area contributed by atoms with Crippen molar-refractivity contribution in [2.24, 2.45) is 0 Å². The second kappa shape index (κ2) is 8.02. The van der Waals surface area contributed by atoms with Crippen molar-refractivity contribution in [1.29, 1.82) is 0 Å². The van der Waals surface area contributed by atoms with Crippen LogP contribution in [0.5, 0.6) is 5.75 Å². The molecule has 25 heavy (non-hydrogen) atoms. The lowest BCUT2D eigenvalue weighted by molar-refractivity contribution is 0.0934. The molecule has 7 heteroatoms. The summed E-state index contributed by atoms with van der Waals surface area (Å²) >= 11 is 1.74. The molecule has 0 fully saturated rings. The molecule has 1 aromatic carbocycles. The van der Waals surface area contributed by atoms with Crippen LogP contribution in [0.3, 0.4) is 0 Å². The molecule has 0 aliphatic heterocycles. The van der Waals surface area contributed by atoms with Gasteiger partial charge in [0.2, 0.25) is 0 Å². The van der Waals surface area contributed by atoms with Crippen molar-refractivity contribution in [3.8, 4) is 5.75 Å². The monoisotopic (exact) mass is 356 g/mol.